The Morgan fingerprint density at radius 3 is 2.67 bits per heavy atom. The van der Waals surface area contributed by atoms with Gasteiger partial charge in [0.2, 0.25) is 0 Å². The third kappa shape index (κ3) is 3.38. The Morgan fingerprint density at radius 1 is 1.14 bits per heavy atom. The van der Waals surface area contributed by atoms with Crippen LogP contribution in [-0.4, -0.2) is 31.5 Å². The highest BCUT2D eigenvalue weighted by atomic mass is 15.4. The van der Waals surface area contributed by atoms with Crippen molar-refractivity contribution in [1.82, 2.24) is 24.5 Å². The van der Waals surface area contributed by atoms with E-state index in [1.165, 1.54) is 5.56 Å². The molecule has 0 bridgehead atoms. The van der Waals surface area contributed by atoms with Gasteiger partial charge in [0.25, 0.3) is 0 Å². The van der Waals surface area contributed by atoms with Gasteiger partial charge in [-0.25, -0.2) is 0 Å². The molecule has 0 saturated carbocycles. The van der Waals surface area contributed by atoms with Gasteiger partial charge in [-0.1, -0.05) is 30.3 Å². The zero-order valence-electron chi connectivity index (χ0n) is 12.3. The van der Waals surface area contributed by atoms with Crippen LogP contribution in [-0.2, 0) is 20.3 Å². The van der Waals surface area contributed by atoms with Crippen LogP contribution in [0.5, 0.6) is 0 Å². The minimum atomic E-state index is 0.752. The number of rotatable bonds is 5. The van der Waals surface area contributed by atoms with Crippen molar-refractivity contribution in [3.63, 3.8) is 0 Å². The third-order valence-corrected chi connectivity index (χ3v) is 3.31. The summed E-state index contributed by atoms with van der Waals surface area (Å²) in [6.45, 7) is 1.61. The first-order chi connectivity index (χ1) is 10.2. The molecule has 2 heterocycles. The zero-order chi connectivity index (χ0) is 14.7. The van der Waals surface area contributed by atoms with Gasteiger partial charge in [0.05, 0.1) is 18.6 Å². The molecule has 0 unspecified atom stereocenters. The van der Waals surface area contributed by atoms with Gasteiger partial charge in [-0.3, -0.25) is 14.3 Å². The van der Waals surface area contributed by atoms with E-state index >= 15 is 0 Å². The van der Waals surface area contributed by atoms with Crippen LogP contribution >= 0.6 is 0 Å². The second-order valence-electron chi connectivity index (χ2n) is 5.28. The molecule has 0 radical (unpaired) electrons. The van der Waals surface area contributed by atoms with Gasteiger partial charge in [-0.2, -0.15) is 10.2 Å². The van der Waals surface area contributed by atoms with Crippen molar-refractivity contribution in [2.75, 3.05) is 7.05 Å². The minimum Gasteiger partial charge on any atom is -0.283 e. The molecule has 108 valence electrons. The Hall–Kier alpha value is -2.40. The summed E-state index contributed by atoms with van der Waals surface area (Å²) >= 11 is 0. The molecule has 0 fully saturated rings. The molecule has 5 heteroatoms. The van der Waals surface area contributed by atoms with E-state index in [0.717, 1.165) is 24.5 Å². The van der Waals surface area contributed by atoms with Crippen LogP contribution in [0.1, 0.15) is 5.56 Å². The lowest BCUT2D eigenvalue weighted by atomic mass is 10.2. The highest BCUT2D eigenvalue weighted by Gasteiger charge is 2.05. The van der Waals surface area contributed by atoms with Crippen molar-refractivity contribution >= 4 is 0 Å². The summed E-state index contributed by atoms with van der Waals surface area (Å²) < 4.78 is 3.78. The normalized spacial score (nSPS) is 11.2. The number of nitrogens with zero attached hydrogens (tertiary/aromatic N) is 5. The monoisotopic (exact) mass is 281 g/mol. The summed E-state index contributed by atoms with van der Waals surface area (Å²) in [5, 5.41) is 8.81. The topological polar surface area (TPSA) is 38.9 Å². The van der Waals surface area contributed by atoms with Gasteiger partial charge in [0, 0.05) is 37.1 Å². The molecule has 0 aliphatic carbocycles. The second-order valence-corrected chi connectivity index (χ2v) is 5.28. The van der Waals surface area contributed by atoms with Gasteiger partial charge in [0.15, 0.2) is 0 Å². The second kappa shape index (κ2) is 5.93. The Bertz CT molecular complexity index is 698. The molecule has 0 spiro atoms. The van der Waals surface area contributed by atoms with Crippen molar-refractivity contribution in [3.8, 4) is 11.3 Å². The molecule has 0 N–H and O–H groups in total. The first-order valence-electron chi connectivity index (χ1n) is 6.95. The minimum absolute atomic E-state index is 0.752. The Balaban J connectivity index is 1.64. The standard InChI is InChI=1S/C16H19N5/c1-19(11-14-10-17-20(2)12-14)13-21-9-8-16(18-21)15-6-4-3-5-7-15/h3-10,12H,11,13H2,1-2H3. The van der Waals surface area contributed by atoms with Crippen molar-refractivity contribution in [1.29, 1.82) is 0 Å². The third-order valence-electron chi connectivity index (χ3n) is 3.31. The van der Waals surface area contributed by atoms with Crippen LogP contribution in [0.4, 0.5) is 0 Å². The van der Waals surface area contributed by atoms with Crippen LogP contribution in [0, 0.1) is 0 Å². The molecule has 0 saturated heterocycles. The van der Waals surface area contributed by atoms with Crippen LogP contribution < -0.4 is 0 Å². The number of aromatic nitrogens is 4. The lowest BCUT2D eigenvalue weighted by Gasteiger charge is -2.15. The van der Waals surface area contributed by atoms with Crippen LogP contribution in [0.3, 0.4) is 0 Å². The molecule has 3 rings (SSSR count). The predicted molar refractivity (Wildman–Crippen MR) is 82.3 cm³/mol. The van der Waals surface area contributed by atoms with Gasteiger partial charge >= 0.3 is 0 Å². The summed E-state index contributed by atoms with van der Waals surface area (Å²) in [6, 6.07) is 12.3. The quantitative estimate of drug-likeness (QED) is 0.720. The smallest absolute Gasteiger partial charge is 0.0929 e. The number of benzene rings is 1. The average molecular weight is 281 g/mol. The van der Waals surface area contributed by atoms with E-state index in [-0.39, 0.29) is 0 Å². The molecule has 0 atom stereocenters. The fourth-order valence-corrected chi connectivity index (χ4v) is 2.37. The zero-order valence-corrected chi connectivity index (χ0v) is 12.3. The van der Waals surface area contributed by atoms with Crippen molar-refractivity contribution in [3.05, 3.63) is 60.6 Å². The summed E-state index contributed by atoms with van der Waals surface area (Å²) in [7, 11) is 4.01. The predicted octanol–water partition coefficient (Wildman–Crippen LogP) is 2.37. The van der Waals surface area contributed by atoms with E-state index in [1.807, 2.05) is 59.3 Å². The first-order valence-corrected chi connectivity index (χ1v) is 6.95. The van der Waals surface area contributed by atoms with Crippen LogP contribution in [0.2, 0.25) is 0 Å². The largest absolute Gasteiger partial charge is 0.283 e. The SMILES string of the molecule is CN(Cc1cnn(C)c1)Cn1ccc(-c2ccccc2)n1. The van der Waals surface area contributed by atoms with Crippen LogP contribution in [0.25, 0.3) is 11.3 Å². The number of hydrogen-bond acceptors (Lipinski definition) is 3. The summed E-state index contributed by atoms with van der Waals surface area (Å²) in [6.07, 6.45) is 5.95. The van der Waals surface area contributed by atoms with Gasteiger partial charge < -0.3 is 0 Å². The van der Waals surface area contributed by atoms with Gasteiger partial charge in [-0.15, -0.1) is 0 Å². The van der Waals surface area contributed by atoms with Crippen LogP contribution in [0.15, 0.2) is 55.0 Å². The van der Waals surface area contributed by atoms with E-state index in [2.05, 4.69) is 34.3 Å². The van der Waals surface area contributed by atoms with E-state index < -0.39 is 0 Å². The maximum atomic E-state index is 4.62. The molecule has 5 nitrogen and oxygen atoms in total. The molecule has 0 aliphatic heterocycles. The van der Waals surface area contributed by atoms with Gasteiger partial charge in [-0.05, 0) is 13.1 Å². The Kier molecular flexibility index (Phi) is 3.83. The highest BCUT2D eigenvalue weighted by Crippen LogP contribution is 2.16. The summed E-state index contributed by atoms with van der Waals surface area (Å²) in [4.78, 5) is 2.21. The van der Waals surface area contributed by atoms with Crippen molar-refractivity contribution in [2.45, 2.75) is 13.2 Å². The number of aryl methyl sites for hydroxylation is 1. The highest BCUT2D eigenvalue weighted by molar-refractivity contribution is 5.57. The molecule has 0 aliphatic rings. The van der Waals surface area contributed by atoms with E-state index in [4.69, 9.17) is 0 Å². The van der Waals surface area contributed by atoms with E-state index in [9.17, 15) is 0 Å². The Labute approximate surface area is 124 Å². The fourth-order valence-electron chi connectivity index (χ4n) is 2.37. The van der Waals surface area contributed by atoms with Crippen molar-refractivity contribution in [2.24, 2.45) is 7.05 Å². The van der Waals surface area contributed by atoms with Crippen molar-refractivity contribution < 1.29 is 0 Å². The molecular formula is C16H19N5. The molecule has 3 aromatic rings. The van der Waals surface area contributed by atoms with E-state index in [0.29, 0.717) is 0 Å². The van der Waals surface area contributed by atoms with E-state index in [1.54, 1.807) is 0 Å². The first kappa shape index (κ1) is 13.6. The molecule has 1 aromatic carbocycles. The maximum absolute atomic E-state index is 4.62. The lowest BCUT2D eigenvalue weighted by molar-refractivity contribution is 0.246. The number of hydrogen-bond donors (Lipinski definition) is 0. The molecule has 2 aromatic heterocycles. The Morgan fingerprint density at radius 2 is 1.95 bits per heavy atom. The molecule has 21 heavy (non-hydrogen) atoms. The molecular weight excluding hydrogens is 262 g/mol. The maximum Gasteiger partial charge on any atom is 0.0929 e. The fraction of sp³-hybridized carbons (Fsp3) is 0.250. The average Bonchev–Trinajstić information content (AvgIpc) is 3.09. The molecule has 0 amide bonds. The van der Waals surface area contributed by atoms with Gasteiger partial charge in [0.1, 0.15) is 0 Å². The lowest BCUT2D eigenvalue weighted by Crippen LogP contribution is -2.21. The summed E-state index contributed by atoms with van der Waals surface area (Å²) in [5.74, 6) is 0. The summed E-state index contributed by atoms with van der Waals surface area (Å²) in [5.41, 5.74) is 3.35.